The van der Waals surface area contributed by atoms with Crippen LogP contribution in [0.15, 0.2) is 18.2 Å². The van der Waals surface area contributed by atoms with Crippen LogP contribution in [0.3, 0.4) is 0 Å². The van der Waals surface area contributed by atoms with Crippen molar-refractivity contribution in [1.29, 1.82) is 0 Å². The zero-order valence-corrected chi connectivity index (χ0v) is 16.5. The maximum absolute atomic E-state index is 12.5. The summed E-state index contributed by atoms with van der Waals surface area (Å²) in [5.41, 5.74) is 0.607. The molecule has 0 bridgehead atoms. The van der Waals surface area contributed by atoms with Gasteiger partial charge in [0.15, 0.2) is 12.4 Å². The van der Waals surface area contributed by atoms with Crippen LogP contribution in [0.1, 0.15) is 55.3 Å². The van der Waals surface area contributed by atoms with Gasteiger partial charge in [-0.15, -0.1) is 5.10 Å². The molecule has 2 aromatic rings. The quantitative estimate of drug-likeness (QED) is 0.413. The number of aromatic nitrogens is 4. The van der Waals surface area contributed by atoms with Crippen LogP contribution in [-0.2, 0) is 11.3 Å². The Bertz CT molecular complexity index is 915. The number of esters is 1. The Labute approximate surface area is 168 Å². The zero-order chi connectivity index (χ0) is 20.5. The normalized spacial score (nSPS) is 21.8. The fourth-order valence-electron chi connectivity index (χ4n) is 4.05. The minimum absolute atomic E-state index is 0.0704. The Morgan fingerprint density at radius 3 is 2.66 bits per heavy atom. The van der Waals surface area contributed by atoms with Crippen molar-refractivity contribution in [2.45, 2.75) is 45.8 Å². The van der Waals surface area contributed by atoms with Crippen LogP contribution in [0.4, 0.5) is 11.4 Å². The van der Waals surface area contributed by atoms with Crippen molar-refractivity contribution in [3.05, 3.63) is 39.7 Å². The molecule has 2 unspecified atom stereocenters. The van der Waals surface area contributed by atoms with Crippen LogP contribution < -0.4 is 4.90 Å². The first kappa shape index (κ1) is 19.3. The number of ether oxygens (including phenoxy) is 1. The number of carbonyl (C=O) groups is 1. The second-order valence-electron chi connectivity index (χ2n) is 8.16. The summed E-state index contributed by atoms with van der Waals surface area (Å²) in [5, 5.41) is 23.1. The van der Waals surface area contributed by atoms with Gasteiger partial charge in [-0.1, -0.05) is 13.8 Å². The summed E-state index contributed by atoms with van der Waals surface area (Å²) < 4.78 is 6.97. The van der Waals surface area contributed by atoms with Crippen LogP contribution in [0.25, 0.3) is 0 Å². The largest absolute Gasteiger partial charge is 0.454 e. The smallest absolute Gasteiger partial charge is 0.338 e. The average Bonchev–Trinajstić information content (AvgIpc) is 3.42. The first-order valence-corrected chi connectivity index (χ1v) is 9.89. The molecule has 0 spiro atoms. The van der Waals surface area contributed by atoms with E-state index in [4.69, 9.17) is 4.74 Å². The van der Waals surface area contributed by atoms with Gasteiger partial charge < -0.3 is 9.64 Å². The SMILES string of the molecule is CC1CC(C)CN(c2ccc(C(=O)OCc3nnnn3C3CC3)cc2[N+](=O)[O-])C1. The van der Waals surface area contributed by atoms with Crippen molar-refractivity contribution in [1.82, 2.24) is 20.2 Å². The Morgan fingerprint density at radius 1 is 1.28 bits per heavy atom. The highest BCUT2D eigenvalue weighted by molar-refractivity contribution is 5.91. The fourth-order valence-corrected chi connectivity index (χ4v) is 4.05. The third-order valence-electron chi connectivity index (χ3n) is 5.40. The van der Waals surface area contributed by atoms with Crippen molar-refractivity contribution in [2.75, 3.05) is 18.0 Å². The molecule has 1 aromatic carbocycles. The topological polar surface area (TPSA) is 116 Å². The molecule has 0 amide bonds. The third-order valence-corrected chi connectivity index (χ3v) is 5.40. The van der Waals surface area contributed by atoms with E-state index in [0.717, 1.165) is 32.4 Å². The summed E-state index contributed by atoms with van der Waals surface area (Å²) in [6.45, 7) is 5.75. The number of hydrogen-bond donors (Lipinski definition) is 0. The molecule has 154 valence electrons. The molecule has 4 rings (SSSR count). The molecule has 29 heavy (non-hydrogen) atoms. The van der Waals surface area contributed by atoms with Crippen LogP contribution in [0.2, 0.25) is 0 Å². The molecule has 1 saturated heterocycles. The molecule has 1 aromatic heterocycles. The van der Waals surface area contributed by atoms with Crippen LogP contribution in [0, 0.1) is 22.0 Å². The van der Waals surface area contributed by atoms with E-state index in [0.29, 0.717) is 23.3 Å². The van der Waals surface area contributed by atoms with Crippen molar-refractivity contribution in [2.24, 2.45) is 11.8 Å². The summed E-state index contributed by atoms with van der Waals surface area (Å²) in [6.07, 6.45) is 3.12. The van der Waals surface area contributed by atoms with Crippen LogP contribution >= 0.6 is 0 Å². The van der Waals surface area contributed by atoms with E-state index in [-0.39, 0.29) is 23.9 Å². The van der Waals surface area contributed by atoms with Gasteiger partial charge in [-0.05, 0) is 53.7 Å². The maximum atomic E-state index is 12.5. The molecule has 2 atom stereocenters. The number of carbonyl (C=O) groups excluding carboxylic acids is 1. The number of anilines is 1. The van der Waals surface area contributed by atoms with Gasteiger partial charge in [-0.2, -0.15) is 0 Å². The van der Waals surface area contributed by atoms with Gasteiger partial charge in [0.2, 0.25) is 0 Å². The van der Waals surface area contributed by atoms with Crippen molar-refractivity contribution in [3.63, 3.8) is 0 Å². The Hall–Kier alpha value is -3.04. The zero-order valence-electron chi connectivity index (χ0n) is 16.5. The highest BCUT2D eigenvalue weighted by Crippen LogP contribution is 2.35. The summed E-state index contributed by atoms with van der Waals surface area (Å²) in [6, 6.07) is 4.80. The average molecular weight is 400 g/mol. The standard InChI is InChI=1S/C19H24N6O4/c1-12-7-13(2)10-23(9-12)16-6-3-14(8-17(16)25(27)28)19(26)29-11-18-20-21-22-24(18)15-4-5-15/h3,6,8,12-13,15H,4-5,7,9-11H2,1-2H3. The third kappa shape index (κ3) is 4.20. The Kier molecular flexibility index (Phi) is 5.16. The highest BCUT2D eigenvalue weighted by atomic mass is 16.6. The first-order valence-electron chi connectivity index (χ1n) is 9.89. The lowest BCUT2D eigenvalue weighted by Crippen LogP contribution is -2.39. The first-order chi connectivity index (χ1) is 13.9. The predicted molar refractivity (Wildman–Crippen MR) is 103 cm³/mol. The summed E-state index contributed by atoms with van der Waals surface area (Å²) >= 11 is 0. The summed E-state index contributed by atoms with van der Waals surface area (Å²) in [5.74, 6) is 0.759. The Balaban J connectivity index is 1.50. The van der Waals surface area contributed by atoms with Gasteiger partial charge in [-0.3, -0.25) is 10.1 Å². The summed E-state index contributed by atoms with van der Waals surface area (Å²) in [7, 11) is 0. The van der Waals surface area contributed by atoms with E-state index in [2.05, 4.69) is 29.4 Å². The van der Waals surface area contributed by atoms with Gasteiger partial charge in [0, 0.05) is 19.2 Å². The molecule has 1 aliphatic carbocycles. The number of nitro groups is 1. The van der Waals surface area contributed by atoms with Gasteiger partial charge >= 0.3 is 5.97 Å². The fraction of sp³-hybridized carbons (Fsp3) is 0.579. The molecule has 2 heterocycles. The Morgan fingerprint density at radius 2 is 2.00 bits per heavy atom. The van der Waals surface area contributed by atoms with Crippen molar-refractivity contribution in [3.8, 4) is 0 Å². The van der Waals surface area contributed by atoms with Gasteiger partial charge in [0.1, 0.15) is 5.69 Å². The van der Waals surface area contributed by atoms with Crippen molar-refractivity contribution >= 4 is 17.3 Å². The molecule has 1 aliphatic heterocycles. The van der Waals surface area contributed by atoms with Crippen LogP contribution in [-0.4, -0.2) is 44.2 Å². The number of nitrogens with zero attached hydrogens (tertiary/aromatic N) is 6. The van der Waals surface area contributed by atoms with Gasteiger partial charge in [0.05, 0.1) is 16.5 Å². The molecule has 2 aliphatic rings. The monoisotopic (exact) mass is 400 g/mol. The molecule has 0 radical (unpaired) electrons. The number of benzene rings is 1. The van der Waals surface area contributed by atoms with Gasteiger partial charge in [0.25, 0.3) is 5.69 Å². The molecular formula is C19H24N6O4. The lowest BCUT2D eigenvalue weighted by molar-refractivity contribution is -0.384. The number of hydrogen-bond acceptors (Lipinski definition) is 8. The number of rotatable bonds is 6. The lowest BCUT2D eigenvalue weighted by atomic mass is 9.91. The van der Waals surface area contributed by atoms with E-state index >= 15 is 0 Å². The van der Waals surface area contributed by atoms with Gasteiger partial charge in [-0.25, -0.2) is 9.48 Å². The maximum Gasteiger partial charge on any atom is 0.338 e. The van der Waals surface area contributed by atoms with E-state index in [1.807, 2.05) is 4.90 Å². The van der Waals surface area contributed by atoms with E-state index in [9.17, 15) is 14.9 Å². The van der Waals surface area contributed by atoms with E-state index in [1.165, 1.54) is 6.07 Å². The van der Waals surface area contributed by atoms with E-state index < -0.39 is 10.9 Å². The number of nitro benzene ring substituents is 1. The molecule has 10 nitrogen and oxygen atoms in total. The minimum Gasteiger partial charge on any atom is -0.454 e. The molecule has 10 heteroatoms. The number of piperidine rings is 1. The predicted octanol–water partition coefficient (Wildman–Crippen LogP) is 2.76. The van der Waals surface area contributed by atoms with Crippen LogP contribution in [0.5, 0.6) is 0 Å². The summed E-state index contributed by atoms with van der Waals surface area (Å²) in [4.78, 5) is 25.7. The molecule has 2 fully saturated rings. The second kappa shape index (κ2) is 7.76. The van der Waals surface area contributed by atoms with Crippen molar-refractivity contribution < 1.29 is 14.5 Å². The molecule has 0 N–H and O–H groups in total. The number of tetrazole rings is 1. The highest BCUT2D eigenvalue weighted by Gasteiger charge is 2.29. The molecule has 1 saturated carbocycles. The van der Waals surface area contributed by atoms with E-state index in [1.54, 1.807) is 16.8 Å². The minimum atomic E-state index is -0.634. The lowest BCUT2D eigenvalue weighted by Gasteiger charge is -2.36. The molecular weight excluding hydrogens is 376 g/mol. The second-order valence-corrected chi connectivity index (χ2v) is 8.16.